The molecule has 0 bridgehead atoms. The van der Waals surface area contributed by atoms with Crippen molar-refractivity contribution in [1.29, 1.82) is 0 Å². The molecule has 0 fully saturated rings. The van der Waals surface area contributed by atoms with Gasteiger partial charge in [-0.2, -0.15) is 5.10 Å². The largest absolute Gasteiger partial charge is 0.478 e. The fourth-order valence-corrected chi connectivity index (χ4v) is 2.47. The smallest absolute Gasteiger partial charge is 0.335 e. The van der Waals surface area contributed by atoms with Gasteiger partial charge in [0.2, 0.25) is 0 Å². The number of aromatic nitrogens is 2. The van der Waals surface area contributed by atoms with Crippen LogP contribution < -0.4 is 5.32 Å². The minimum Gasteiger partial charge on any atom is -0.478 e. The minimum absolute atomic E-state index is 0.156. The number of benzene rings is 1. The highest BCUT2D eigenvalue weighted by atomic mass is 16.4. The summed E-state index contributed by atoms with van der Waals surface area (Å²) in [5.74, 6) is -0.646. The van der Waals surface area contributed by atoms with Crippen LogP contribution in [-0.4, -0.2) is 33.3 Å². The maximum absolute atomic E-state index is 12.3. The summed E-state index contributed by atoms with van der Waals surface area (Å²) in [6.45, 7) is 7.32. The number of carboxylic acid groups (broad SMARTS) is 1. The maximum atomic E-state index is 12.3. The first kappa shape index (κ1) is 17.7. The lowest BCUT2D eigenvalue weighted by atomic mass is 10.1. The number of nitrogens with one attached hydrogen (secondary N) is 1. The molecule has 0 aliphatic heterocycles. The third-order valence-corrected chi connectivity index (χ3v) is 3.76. The molecule has 2 aromatic rings. The van der Waals surface area contributed by atoms with E-state index in [-0.39, 0.29) is 11.5 Å². The highest BCUT2D eigenvalue weighted by Gasteiger charge is 2.14. The van der Waals surface area contributed by atoms with Crippen LogP contribution in [0.15, 0.2) is 30.5 Å². The molecular formula is C18H23N3O3. The molecule has 0 saturated carbocycles. The Kier molecular flexibility index (Phi) is 5.73. The normalized spacial score (nSPS) is 10.8. The number of carbonyl (C=O) groups excluding carboxylic acids is 1. The van der Waals surface area contributed by atoms with E-state index in [1.807, 2.05) is 17.7 Å². The van der Waals surface area contributed by atoms with Crippen LogP contribution in [0.4, 0.5) is 0 Å². The molecule has 6 nitrogen and oxygen atoms in total. The molecule has 128 valence electrons. The Bertz CT molecular complexity index is 735. The molecule has 0 atom stereocenters. The predicted octanol–water partition coefficient (Wildman–Crippen LogP) is 2.52. The van der Waals surface area contributed by atoms with Gasteiger partial charge in [0, 0.05) is 18.8 Å². The van der Waals surface area contributed by atoms with Crippen molar-refractivity contribution < 1.29 is 14.7 Å². The summed E-state index contributed by atoms with van der Waals surface area (Å²) >= 11 is 0. The van der Waals surface area contributed by atoms with Gasteiger partial charge in [-0.1, -0.05) is 26.0 Å². The summed E-state index contributed by atoms with van der Waals surface area (Å²) in [6.07, 6.45) is 2.17. The Hall–Kier alpha value is -2.63. The van der Waals surface area contributed by atoms with E-state index in [2.05, 4.69) is 24.3 Å². The second kappa shape index (κ2) is 7.77. The Morgan fingerprint density at radius 3 is 2.75 bits per heavy atom. The lowest BCUT2D eigenvalue weighted by Gasteiger charge is -2.08. The molecule has 0 radical (unpaired) electrons. The molecule has 0 spiro atoms. The van der Waals surface area contributed by atoms with Gasteiger partial charge in [-0.25, -0.2) is 4.79 Å². The number of carbonyl (C=O) groups is 2. The van der Waals surface area contributed by atoms with E-state index in [0.717, 1.165) is 17.8 Å². The number of nitrogens with zero attached hydrogens (tertiary/aromatic N) is 2. The zero-order chi connectivity index (χ0) is 17.7. The second-order valence-electron chi connectivity index (χ2n) is 6.23. The van der Waals surface area contributed by atoms with Gasteiger partial charge in [0.25, 0.3) is 5.91 Å². The van der Waals surface area contributed by atoms with E-state index in [9.17, 15) is 9.59 Å². The van der Waals surface area contributed by atoms with Gasteiger partial charge in [-0.3, -0.25) is 9.48 Å². The van der Waals surface area contributed by atoms with Crippen LogP contribution >= 0.6 is 0 Å². The van der Waals surface area contributed by atoms with Gasteiger partial charge in [-0.15, -0.1) is 0 Å². The van der Waals surface area contributed by atoms with Crippen molar-refractivity contribution >= 4 is 11.9 Å². The van der Waals surface area contributed by atoms with Crippen LogP contribution in [0.3, 0.4) is 0 Å². The molecule has 1 aromatic heterocycles. The zero-order valence-electron chi connectivity index (χ0n) is 14.2. The van der Waals surface area contributed by atoms with Crippen molar-refractivity contribution in [2.24, 2.45) is 5.92 Å². The van der Waals surface area contributed by atoms with Crippen LogP contribution in [0.5, 0.6) is 0 Å². The number of hydrogen-bond donors (Lipinski definition) is 2. The topological polar surface area (TPSA) is 84.2 Å². The summed E-state index contributed by atoms with van der Waals surface area (Å²) < 4.78 is 1.84. The van der Waals surface area contributed by atoms with E-state index in [0.29, 0.717) is 24.4 Å². The van der Waals surface area contributed by atoms with E-state index in [1.165, 1.54) is 0 Å². The number of hydrogen-bond acceptors (Lipinski definition) is 3. The molecule has 0 unspecified atom stereocenters. The van der Waals surface area contributed by atoms with Crippen molar-refractivity contribution in [2.45, 2.75) is 33.7 Å². The van der Waals surface area contributed by atoms with Crippen LogP contribution in [0, 0.1) is 12.8 Å². The average molecular weight is 329 g/mol. The quantitative estimate of drug-likeness (QED) is 0.817. The van der Waals surface area contributed by atoms with Crippen LogP contribution in [-0.2, 0) is 13.0 Å². The van der Waals surface area contributed by atoms with Crippen molar-refractivity contribution in [3.8, 4) is 0 Å². The number of carboxylic acids is 1. The molecule has 2 rings (SSSR count). The van der Waals surface area contributed by atoms with E-state index < -0.39 is 5.97 Å². The first-order valence-electron chi connectivity index (χ1n) is 8.01. The molecule has 1 aromatic carbocycles. The molecule has 24 heavy (non-hydrogen) atoms. The van der Waals surface area contributed by atoms with Gasteiger partial charge in [0.15, 0.2) is 0 Å². The molecule has 0 saturated heterocycles. The van der Waals surface area contributed by atoms with E-state index in [1.54, 1.807) is 24.4 Å². The van der Waals surface area contributed by atoms with E-state index in [4.69, 9.17) is 5.11 Å². The highest BCUT2D eigenvalue weighted by Crippen LogP contribution is 2.10. The van der Waals surface area contributed by atoms with Crippen molar-refractivity contribution in [3.63, 3.8) is 0 Å². The van der Waals surface area contributed by atoms with Crippen molar-refractivity contribution in [1.82, 2.24) is 15.1 Å². The third kappa shape index (κ3) is 4.44. The van der Waals surface area contributed by atoms with Crippen molar-refractivity contribution in [2.75, 3.05) is 6.54 Å². The first-order valence-corrected chi connectivity index (χ1v) is 8.01. The molecule has 2 N–H and O–H groups in total. The van der Waals surface area contributed by atoms with Gasteiger partial charge in [-0.05, 0) is 37.0 Å². The average Bonchev–Trinajstić information content (AvgIpc) is 2.88. The van der Waals surface area contributed by atoms with Gasteiger partial charge >= 0.3 is 5.97 Å². The molecular weight excluding hydrogens is 306 g/mol. The predicted molar refractivity (Wildman–Crippen MR) is 91.2 cm³/mol. The number of aromatic carboxylic acids is 1. The molecule has 1 amide bonds. The molecule has 0 aliphatic carbocycles. The second-order valence-corrected chi connectivity index (χ2v) is 6.23. The standard InChI is InChI=1S/C18H23N3O3/c1-12(2)11-21-13(3)16(10-20-21)17(22)19-8-7-14-5-4-6-15(9-14)18(23)24/h4-6,9-10,12H,7-8,11H2,1-3H3,(H,19,22)(H,23,24). The Balaban J connectivity index is 1.93. The molecule has 0 aliphatic rings. The fourth-order valence-electron chi connectivity index (χ4n) is 2.47. The Labute approximate surface area is 141 Å². The maximum Gasteiger partial charge on any atom is 0.335 e. The van der Waals surface area contributed by atoms with Gasteiger partial charge < -0.3 is 10.4 Å². The Morgan fingerprint density at radius 2 is 2.08 bits per heavy atom. The zero-order valence-corrected chi connectivity index (χ0v) is 14.2. The minimum atomic E-state index is -0.950. The molecule has 6 heteroatoms. The van der Waals surface area contributed by atoms with Crippen LogP contribution in [0.1, 0.15) is 45.8 Å². The number of rotatable bonds is 7. The lowest BCUT2D eigenvalue weighted by Crippen LogP contribution is -2.26. The lowest BCUT2D eigenvalue weighted by molar-refractivity contribution is 0.0696. The van der Waals surface area contributed by atoms with E-state index >= 15 is 0 Å². The van der Waals surface area contributed by atoms with Crippen LogP contribution in [0.25, 0.3) is 0 Å². The summed E-state index contributed by atoms with van der Waals surface area (Å²) in [7, 11) is 0. The first-order chi connectivity index (χ1) is 11.4. The van der Waals surface area contributed by atoms with Crippen molar-refractivity contribution in [3.05, 3.63) is 52.8 Å². The summed E-state index contributed by atoms with van der Waals surface area (Å²) in [5, 5.41) is 16.1. The third-order valence-electron chi connectivity index (χ3n) is 3.76. The van der Waals surface area contributed by atoms with Gasteiger partial charge in [0.1, 0.15) is 0 Å². The fraction of sp³-hybridized carbons (Fsp3) is 0.389. The highest BCUT2D eigenvalue weighted by molar-refractivity contribution is 5.95. The Morgan fingerprint density at radius 1 is 1.33 bits per heavy atom. The molecule has 1 heterocycles. The summed E-state index contributed by atoms with van der Waals surface area (Å²) in [6, 6.07) is 6.74. The van der Waals surface area contributed by atoms with Gasteiger partial charge in [0.05, 0.1) is 17.3 Å². The summed E-state index contributed by atoms with van der Waals surface area (Å²) in [4.78, 5) is 23.2. The van der Waals surface area contributed by atoms with Crippen LogP contribution in [0.2, 0.25) is 0 Å². The monoisotopic (exact) mass is 329 g/mol. The number of amides is 1. The summed E-state index contributed by atoms with van der Waals surface area (Å²) in [5.41, 5.74) is 2.57. The SMILES string of the molecule is Cc1c(C(=O)NCCc2cccc(C(=O)O)c2)cnn1CC(C)C.